The second-order valence-corrected chi connectivity index (χ2v) is 4.05. The number of nitro groups is 1. The quantitative estimate of drug-likeness (QED) is 0.639. The van der Waals surface area contributed by atoms with E-state index in [0.717, 1.165) is 18.8 Å². The van der Waals surface area contributed by atoms with E-state index in [1.54, 1.807) is 12.1 Å². The highest BCUT2D eigenvalue weighted by Crippen LogP contribution is 2.20. The molecule has 2 N–H and O–H groups in total. The highest BCUT2D eigenvalue weighted by Gasteiger charge is 2.19. The zero-order valence-corrected chi connectivity index (χ0v) is 11.4. The summed E-state index contributed by atoms with van der Waals surface area (Å²) in [6.07, 6.45) is 0. The van der Waals surface area contributed by atoms with E-state index in [4.69, 9.17) is 5.11 Å². The first-order valence-electron chi connectivity index (χ1n) is 6.54. The van der Waals surface area contributed by atoms with Crippen molar-refractivity contribution in [1.29, 1.82) is 0 Å². The maximum absolute atomic E-state index is 10.5. The first-order chi connectivity index (χ1) is 9.20. The number of piperazine rings is 1. The topological polar surface area (TPSA) is 78.6 Å². The Bertz CT molecular complexity index is 395. The van der Waals surface area contributed by atoms with Crippen LogP contribution < -0.4 is 10.2 Å². The van der Waals surface area contributed by atoms with Crippen LogP contribution in [-0.4, -0.2) is 42.3 Å². The molecule has 1 unspecified atom stereocenters. The predicted octanol–water partition coefficient (Wildman–Crippen LogP) is 1.39. The largest absolute Gasteiger partial charge is 0.395 e. The highest BCUT2D eigenvalue weighted by atomic mass is 16.6. The fraction of sp³-hybridized carbons (Fsp3) is 0.538. The Morgan fingerprint density at radius 1 is 1.42 bits per heavy atom. The van der Waals surface area contributed by atoms with Crippen LogP contribution in [0.15, 0.2) is 24.3 Å². The molecule has 0 aromatic heterocycles. The fourth-order valence-electron chi connectivity index (χ4n) is 1.97. The zero-order chi connectivity index (χ0) is 14.3. The number of hydrogen-bond donors (Lipinski definition) is 2. The van der Waals surface area contributed by atoms with Gasteiger partial charge in [-0.05, 0) is 12.1 Å². The van der Waals surface area contributed by atoms with Crippen molar-refractivity contribution in [3.8, 4) is 0 Å². The molecule has 1 aliphatic rings. The number of rotatable bonds is 3. The monoisotopic (exact) mass is 267 g/mol. The third kappa shape index (κ3) is 4.18. The lowest BCUT2D eigenvalue weighted by atomic mass is 10.2. The van der Waals surface area contributed by atoms with E-state index in [-0.39, 0.29) is 18.3 Å². The summed E-state index contributed by atoms with van der Waals surface area (Å²) in [5, 5.41) is 22.8. The molecule has 0 amide bonds. The molecule has 6 nitrogen and oxygen atoms in total. The van der Waals surface area contributed by atoms with Gasteiger partial charge in [0.1, 0.15) is 0 Å². The van der Waals surface area contributed by atoms with Crippen molar-refractivity contribution in [3.05, 3.63) is 34.4 Å². The molecule has 1 fully saturated rings. The van der Waals surface area contributed by atoms with Crippen LogP contribution in [0.25, 0.3) is 0 Å². The molecular weight excluding hydrogens is 246 g/mol. The molecule has 6 heteroatoms. The van der Waals surface area contributed by atoms with Gasteiger partial charge < -0.3 is 15.3 Å². The summed E-state index contributed by atoms with van der Waals surface area (Å²) in [5.74, 6) is 0. The number of anilines is 1. The van der Waals surface area contributed by atoms with Crippen LogP contribution in [0.4, 0.5) is 11.4 Å². The van der Waals surface area contributed by atoms with E-state index in [9.17, 15) is 10.1 Å². The molecule has 106 valence electrons. The maximum Gasteiger partial charge on any atom is 0.269 e. The van der Waals surface area contributed by atoms with Crippen LogP contribution in [0.2, 0.25) is 0 Å². The van der Waals surface area contributed by atoms with Crippen LogP contribution in [0.3, 0.4) is 0 Å². The van der Waals surface area contributed by atoms with Crippen molar-refractivity contribution < 1.29 is 10.0 Å². The van der Waals surface area contributed by atoms with E-state index in [0.29, 0.717) is 6.54 Å². The lowest BCUT2D eigenvalue weighted by Gasteiger charge is -2.34. The summed E-state index contributed by atoms with van der Waals surface area (Å²) in [5.41, 5.74) is 1.05. The molecule has 1 aromatic rings. The summed E-state index contributed by atoms with van der Waals surface area (Å²) < 4.78 is 0. The predicted molar refractivity (Wildman–Crippen MR) is 75.5 cm³/mol. The van der Waals surface area contributed by atoms with Gasteiger partial charge >= 0.3 is 0 Å². The Balaban J connectivity index is 0.000000861. The lowest BCUT2D eigenvalue weighted by Crippen LogP contribution is -2.52. The summed E-state index contributed by atoms with van der Waals surface area (Å²) in [6.45, 7) is 6.47. The first kappa shape index (κ1) is 15.4. The zero-order valence-electron chi connectivity index (χ0n) is 11.4. The standard InChI is InChI=1S/C11H15N3O3.C2H6/c15-8-9-7-13(6-5-12-9)10-1-3-11(4-2-10)14(16)17;1-2/h1-4,9,12,15H,5-8H2;1-2H3. The molecular formula is C13H21N3O3. The second-order valence-electron chi connectivity index (χ2n) is 4.05. The molecule has 0 spiro atoms. The van der Waals surface area contributed by atoms with Crippen LogP contribution >= 0.6 is 0 Å². The molecule has 2 rings (SSSR count). The minimum Gasteiger partial charge on any atom is -0.395 e. The Morgan fingerprint density at radius 3 is 2.58 bits per heavy atom. The Labute approximate surface area is 113 Å². The lowest BCUT2D eigenvalue weighted by molar-refractivity contribution is -0.384. The molecule has 0 bridgehead atoms. The van der Waals surface area contributed by atoms with E-state index in [1.807, 2.05) is 13.8 Å². The molecule has 0 radical (unpaired) electrons. The van der Waals surface area contributed by atoms with E-state index >= 15 is 0 Å². The average Bonchev–Trinajstić information content (AvgIpc) is 2.49. The second kappa shape index (κ2) is 7.70. The molecule has 0 aliphatic carbocycles. The van der Waals surface area contributed by atoms with Crippen molar-refractivity contribution in [3.63, 3.8) is 0 Å². The van der Waals surface area contributed by atoms with E-state index < -0.39 is 4.92 Å². The van der Waals surface area contributed by atoms with Crippen LogP contribution in [-0.2, 0) is 0 Å². The van der Waals surface area contributed by atoms with Gasteiger partial charge in [0.15, 0.2) is 0 Å². The van der Waals surface area contributed by atoms with Crippen molar-refractivity contribution >= 4 is 11.4 Å². The Kier molecular flexibility index (Phi) is 6.24. The van der Waals surface area contributed by atoms with Gasteiger partial charge in [0.2, 0.25) is 0 Å². The van der Waals surface area contributed by atoms with Crippen molar-refractivity contribution in [2.24, 2.45) is 0 Å². The van der Waals surface area contributed by atoms with Gasteiger partial charge in [0, 0.05) is 43.5 Å². The molecule has 1 heterocycles. The average molecular weight is 267 g/mol. The summed E-state index contributed by atoms with van der Waals surface area (Å²) in [4.78, 5) is 12.2. The highest BCUT2D eigenvalue weighted by molar-refractivity contribution is 5.51. The number of nitro benzene ring substituents is 1. The Hall–Kier alpha value is -1.66. The van der Waals surface area contributed by atoms with Gasteiger partial charge in [-0.2, -0.15) is 0 Å². The minimum atomic E-state index is -0.405. The maximum atomic E-state index is 10.5. The smallest absolute Gasteiger partial charge is 0.269 e. The third-order valence-corrected chi connectivity index (χ3v) is 2.90. The summed E-state index contributed by atoms with van der Waals surface area (Å²) in [7, 11) is 0. The number of non-ortho nitro benzene ring substituents is 1. The number of aliphatic hydroxyl groups excluding tert-OH is 1. The number of nitrogens with one attached hydrogen (secondary N) is 1. The van der Waals surface area contributed by atoms with E-state index in [2.05, 4.69) is 10.2 Å². The molecule has 1 saturated heterocycles. The van der Waals surface area contributed by atoms with Gasteiger partial charge in [-0.25, -0.2) is 0 Å². The first-order valence-corrected chi connectivity index (χ1v) is 6.54. The van der Waals surface area contributed by atoms with Crippen molar-refractivity contribution in [1.82, 2.24) is 5.32 Å². The van der Waals surface area contributed by atoms with Crippen LogP contribution in [0, 0.1) is 10.1 Å². The molecule has 19 heavy (non-hydrogen) atoms. The third-order valence-electron chi connectivity index (χ3n) is 2.90. The molecule has 1 aliphatic heterocycles. The van der Waals surface area contributed by atoms with Gasteiger partial charge in [-0.3, -0.25) is 10.1 Å². The van der Waals surface area contributed by atoms with Gasteiger partial charge in [0.05, 0.1) is 11.5 Å². The molecule has 0 saturated carbocycles. The van der Waals surface area contributed by atoms with Crippen LogP contribution in [0.1, 0.15) is 13.8 Å². The van der Waals surface area contributed by atoms with Crippen LogP contribution in [0.5, 0.6) is 0 Å². The number of aliphatic hydroxyl groups is 1. The van der Waals surface area contributed by atoms with Crippen molar-refractivity contribution in [2.45, 2.75) is 19.9 Å². The van der Waals surface area contributed by atoms with Gasteiger partial charge in [0.25, 0.3) is 5.69 Å². The summed E-state index contributed by atoms with van der Waals surface area (Å²) in [6, 6.07) is 6.57. The SMILES string of the molecule is CC.O=[N+]([O-])c1ccc(N2CCNC(CO)C2)cc1. The number of hydrogen-bond acceptors (Lipinski definition) is 5. The Morgan fingerprint density at radius 2 is 2.05 bits per heavy atom. The minimum absolute atomic E-state index is 0.0685. The van der Waals surface area contributed by atoms with Gasteiger partial charge in [-0.15, -0.1) is 0 Å². The van der Waals surface area contributed by atoms with E-state index in [1.165, 1.54) is 12.1 Å². The fourth-order valence-corrected chi connectivity index (χ4v) is 1.97. The number of nitrogens with zero attached hydrogens (tertiary/aromatic N) is 2. The van der Waals surface area contributed by atoms with Crippen molar-refractivity contribution in [2.75, 3.05) is 31.1 Å². The van der Waals surface area contributed by atoms with Gasteiger partial charge in [-0.1, -0.05) is 13.8 Å². The molecule has 1 aromatic carbocycles. The number of benzene rings is 1. The molecule has 1 atom stereocenters. The normalized spacial score (nSPS) is 18.5. The summed E-state index contributed by atoms with van der Waals surface area (Å²) >= 11 is 0.